The molecule has 0 bridgehead atoms. The quantitative estimate of drug-likeness (QED) is 0.860. The van der Waals surface area contributed by atoms with E-state index in [0.29, 0.717) is 12.7 Å². The van der Waals surface area contributed by atoms with E-state index in [1.54, 1.807) is 0 Å². The van der Waals surface area contributed by atoms with Crippen LogP contribution >= 0.6 is 0 Å². The molecule has 22 heavy (non-hydrogen) atoms. The predicted octanol–water partition coefficient (Wildman–Crippen LogP) is 3.79. The van der Waals surface area contributed by atoms with Gasteiger partial charge in [-0.2, -0.15) is 0 Å². The topological polar surface area (TPSA) is 21.7 Å². The van der Waals surface area contributed by atoms with Gasteiger partial charge in [-0.25, -0.2) is 0 Å². The molecule has 0 radical (unpaired) electrons. The maximum atomic E-state index is 5.46. The summed E-state index contributed by atoms with van der Waals surface area (Å²) in [6.45, 7) is 3.67. The highest BCUT2D eigenvalue weighted by Crippen LogP contribution is 2.33. The molecule has 0 spiro atoms. The number of piperidine rings is 1. The number of rotatable bonds is 3. The van der Waals surface area contributed by atoms with Crippen molar-refractivity contribution in [2.45, 2.75) is 25.3 Å². The fourth-order valence-corrected chi connectivity index (χ4v) is 3.45. The van der Waals surface area contributed by atoms with Gasteiger partial charge in [0.05, 0.1) is 0 Å². The van der Waals surface area contributed by atoms with Crippen molar-refractivity contribution >= 4 is 0 Å². The van der Waals surface area contributed by atoms with Crippen molar-refractivity contribution in [1.82, 2.24) is 4.90 Å². The van der Waals surface area contributed by atoms with Gasteiger partial charge in [-0.3, -0.25) is 4.90 Å². The molecule has 0 unspecified atom stereocenters. The lowest BCUT2D eigenvalue weighted by atomic mass is 9.89. The Morgan fingerprint density at radius 2 is 1.68 bits per heavy atom. The first kappa shape index (κ1) is 13.6. The first-order valence-corrected chi connectivity index (χ1v) is 8.04. The van der Waals surface area contributed by atoms with Crippen LogP contribution in [0.15, 0.2) is 48.5 Å². The molecule has 2 aromatic rings. The summed E-state index contributed by atoms with van der Waals surface area (Å²) in [4.78, 5) is 2.54. The molecule has 114 valence electrons. The van der Waals surface area contributed by atoms with Crippen LogP contribution in [0.3, 0.4) is 0 Å². The lowest BCUT2D eigenvalue weighted by Gasteiger charge is -2.32. The molecule has 2 heterocycles. The van der Waals surface area contributed by atoms with E-state index in [1.165, 1.54) is 24.0 Å². The van der Waals surface area contributed by atoms with Gasteiger partial charge in [0.25, 0.3) is 0 Å². The average molecular weight is 295 g/mol. The second kappa shape index (κ2) is 6.01. The molecule has 3 nitrogen and oxygen atoms in total. The van der Waals surface area contributed by atoms with Crippen molar-refractivity contribution in [2.24, 2.45) is 0 Å². The van der Waals surface area contributed by atoms with Crippen LogP contribution in [0.2, 0.25) is 0 Å². The van der Waals surface area contributed by atoms with Gasteiger partial charge in [-0.05, 0) is 55.1 Å². The summed E-state index contributed by atoms with van der Waals surface area (Å²) in [6, 6.07) is 17.2. The summed E-state index contributed by atoms with van der Waals surface area (Å²) in [5, 5.41) is 0. The highest BCUT2D eigenvalue weighted by Gasteiger charge is 2.21. The predicted molar refractivity (Wildman–Crippen MR) is 86.3 cm³/mol. The van der Waals surface area contributed by atoms with Crippen LogP contribution in [0.4, 0.5) is 0 Å². The molecular formula is C19H21NO2. The van der Waals surface area contributed by atoms with Gasteiger partial charge in [0.15, 0.2) is 11.5 Å². The van der Waals surface area contributed by atoms with Gasteiger partial charge in [0.2, 0.25) is 6.79 Å². The van der Waals surface area contributed by atoms with E-state index in [0.717, 1.165) is 31.1 Å². The number of fused-ring (bicyclic) bond motifs is 1. The van der Waals surface area contributed by atoms with Gasteiger partial charge in [-0.15, -0.1) is 0 Å². The van der Waals surface area contributed by atoms with E-state index >= 15 is 0 Å². The molecule has 0 aliphatic carbocycles. The van der Waals surface area contributed by atoms with Crippen LogP contribution in [0, 0.1) is 0 Å². The first-order valence-electron chi connectivity index (χ1n) is 8.04. The second-order valence-electron chi connectivity index (χ2n) is 6.15. The molecule has 2 aliphatic rings. The molecular weight excluding hydrogens is 274 g/mol. The Balaban J connectivity index is 1.36. The molecule has 0 saturated carbocycles. The Hall–Kier alpha value is -2.00. The fourth-order valence-electron chi connectivity index (χ4n) is 3.45. The van der Waals surface area contributed by atoms with Crippen molar-refractivity contribution in [3.8, 4) is 11.5 Å². The van der Waals surface area contributed by atoms with E-state index in [1.807, 2.05) is 6.07 Å². The minimum absolute atomic E-state index is 0.348. The maximum Gasteiger partial charge on any atom is 0.231 e. The summed E-state index contributed by atoms with van der Waals surface area (Å²) in [5.74, 6) is 2.47. The molecule has 3 heteroatoms. The zero-order valence-corrected chi connectivity index (χ0v) is 12.7. The van der Waals surface area contributed by atoms with E-state index in [4.69, 9.17) is 9.47 Å². The molecule has 0 atom stereocenters. The highest BCUT2D eigenvalue weighted by atomic mass is 16.7. The van der Waals surface area contributed by atoms with E-state index in [9.17, 15) is 0 Å². The third-order valence-electron chi connectivity index (χ3n) is 4.70. The van der Waals surface area contributed by atoms with E-state index in [-0.39, 0.29) is 0 Å². The minimum Gasteiger partial charge on any atom is -0.454 e. The van der Waals surface area contributed by atoms with E-state index in [2.05, 4.69) is 47.4 Å². The van der Waals surface area contributed by atoms with Gasteiger partial charge >= 0.3 is 0 Å². The summed E-state index contributed by atoms with van der Waals surface area (Å²) < 4.78 is 10.8. The largest absolute Gasteiger partial charge is 0.454 e. The summed E-state index contributed by atoms with van der Waals surface area (Å²) in [5.41, 5.74) is 2.80. The van der Waals surface area contributed by atoms with Crippen molar-refractivity contribution < 1.29 is 9.47 Å². The zero-order valence-electron chi connectivity index (χ0n) is 12.7. The molecule has 1 saturated heterocycles. The zero-order chi connectivity index (χ0) is 14.8. The van der Waals surface area contributed by atoms with Gasteiger partial charge in [0.1, 0.15) is 0 Å². The van der Waals surface area contributed by atoms with Crippen LogP contribution < -0.4 is 9.47 Å². The van der Waals surface area contributed by atoms with Crippen molar-refractivity contribution in [2.75, 3.05) is 19.9 Å². The smallest absolute Gasteiger partial charge is 0.231 e. The summed E-state index contributed by atoms with van der Waals surface area (Å²) in [7, 11) is 0. The standard InChI is InChI=1S/C19H21NO2/c1-2-4-16(5-3-1)17-8-10-20(11-9-17)13-15-6-7-18-19(12-15)22-14-21-18/h1-7,12,17H,8-11,13-14H2. The highest BCUT2D eigenvalue weighted by molar-refractivity contribution is 5.44. The lowest BCUT2D eigenvalue weighted by molar-refractivity contribution is 0.173. The molecule has 1 fully saturated rings. The van der Waals surface area contributed by atoms with Crippen molar-refractivity contribution in [3.63, 3.8) is 0 Å². The Morgan fingerprint density at radius 1 is 0.909 bits per heavy atom. The number of hydrogen-bond donors (Lipinski definition) is 0. The minimum atomic E-state index is 0.348. The summed E-state index contributed by atoms with van der Waals surface area (Å²) in [6.07, 6.45) is 2.49. The van der Waals surface area contributed by atoms with Crippen LogP contribution in [0.5, 0.6) is 11.5 Å². The molecule has 0 amide bonds. The van der Waals surface area contributed by atoms with E-state index < -0.39 is 0 Å². The molecule has 2 aromatic carbocycles. The number of ether oxygens (including phenoxy) is 2. The van der Waals surface area contributed by atoms with Crippen LogP contribution in [0.1, 0.15) is 29.9 Å². The first-order chi connectivity index (χ1) is 10.9. The van der Waals surface area contributed by atoms with Crippen molar-refractivity contribution in [3.05, 3.63) is 59.7 Å². The molecule has 0 N–H and O–H groups in total. The van der Waals surface area contributed by atoms with Crippen LogP contribution in [-0.2, 0) is 6.54 Å². The van der Waals surface area contributed by atoms with Gasteiger partial charge in [-0.1, -0.05) is 36.4 Å². The third kappa shape index (κ3) is 2.81. The Bertz CT molecular complexity index is 633. The Kier molecular flexibility index (Phi) is 3.73. The van der Waals surface area contributed by atoms with Crippen molar-refractivity contribution in [1.29, 1.82) is 0 Å². The normalized spacial score (nSPS) is 18.5. The number of benzene rings is 2. The lowest BCUT2D eigenvalue weighted by Crippen LogP contribution is -2.32. The maximum absolute atomic E-state index is 5.46. The SMILES string of the molecule is c1ccc(C2CCN(Cc3ccc4c(c3)OCO4)CC2)cc1. The summed E-state index contributed by atoms with van der Waals surface area (Å²) >= 11 is 0. The molecule has 0 aromatic heterocycles. The van der Waals surface area contributed by atoms with Crippen LogP contribution in [0.25, 0.3) is 0 Å². The molecule has 4 rings (SSSR count). The van der Waals surface area contributed by atoms with Gasteiger partial charge in [0, 0.05) is 6.54 Å². The Labute approximate surface area is 131 Å². The Morgan fingerprint density at radius 3 is 2.50 bits per heavy atom. The number of hydrogen-bond acceptors (Lipinski definition) is 3. The number of likely N-dealkylation sites (tertiary alicyclic amines) is 1. The fraction of sp³-hybridized carbons (Fsp3) is 0.368. The van der Waals surface area contributed by atoms with Crippen LogP contribution in [-0.4, -0.2) is 24.8 Å². The molecule has 2 aliphatic heterocycles. The number of nitrogens with zero attached hydrogens (tertiary/aromatic N) is 1. The second-order valence-corrected chi connectivity index (χ2v) is 6.15. The average Bonchev–Trinajstić information content (AvgIpc) is 3.04. The monoisotopic (exact) mass is 295 g/mol. The van der Waals surface area contributed by atoms with Gasteiger partial charge < -0.3 is 9.47 Å². The third-order valence-corrected chi connectivity index (χ3v) is 4.70.